The van der Waals surface area contributed by atoms with Crippen molar-refractivity contribution < 1.29 is 4.74 Å². The highest BCUT2D eigenvalue weighted by atomic mass is 16.5. The third-order valence-corrected chi connectivity index (χ3v) is 1.33. The van der Waals surface area contributed by atoms with E-state index in [0.717, 1.165) is 11.3 Å². The van der Waals surface area contributed by atoms with Crippen molar-refractivity contribution in [1.29, 1.82) is 5.41 Å². The normalized spacial score (nSPS) is 12.6. The van der Waals surface area contributed by atoms with Crippen LogP contribution in [0.15, 0.2) is 23.6 Å². The maximum Gasteiger partial charge on any atom is 0.0916 e. The minimum absolute atomic E-state index is 0.629. The van der Waals surface area contributed by atoms with Gasteiger partial charge in [-0.25, -0.2) is 0 Å². The summed E-state index contributed by atoms with van der Waals surface area (Å²) in [6, 6.07) is 0. The molecule has 0 aliphatic rings. The second kappa shape index (κ2) is 6.46. The van der Waals surface area contributed by atoms with E-state index in [1.165, 1.54) is 6.21 Å². The molecule has 68 valence electrons. The van der Waals surface area contributed by atoms with Gasteiger partial charge in [-0.2, -0.15) is 0 Å². The van der Waals surface area contributed by atoms with Crippen molar-refractivity contribution in [3.63, 3.8) is 0 Å². The second-order valence-corrected chi connectivity index (χ2v) is 2.29. The van der Waals surface area contributed by atoms with Crippen molar-refractivity contribution in [2.75, 3.05) is 13.7 Å². The topological polar surface area (TPSA) is 45.1 Å². The fourth-order valence-corrected chi connectivity index (χ4v) is 0.611. The first-order chi connectivity index (χ1) is 5.74. The zero-order valence-corrected chi connectivity index (χ0v) is 7.85. The predicted octanol–water partition coefficient (Wildman–Crippen LogP) is 1.68. The Hall–Kier alpha value is -1.25. The first-order valence-electron chi connectivity index (χ1n) is 3.92. The fraction of sp³-hybridized carbons (Fsp3) is 0.444. The molecule has 0 heterocycles. The summed E-state index contributed by atoms with van der Waals surface area (Å²) < 4.78 is 5.05. The highest BCUT2D eigenvalue weighted by Gasteiger charge is 1.88. The summed E-state index contributed by atoms with van der Waals surface area (Å²) in [6.45, 7) is 4.47. The van der Waals surface area contributed by atoms with Gasteiger partial charge in [0.15, 0.2) is 0 Å². The summed E-state index contributed by atoms with van der Waals surface area (Å²) in [6.07, 6.45) is 4.69. The average Bonchev–Trinajstić information content (AvgIpc) is 2.11. The van der Waals surface area contributed by atoms with Gasteiger partial charge in [-0.1, -0.05) is 0 Å². The molecule has 0 fully saturated rings. The molecule has 0 spiro atoms. The number of allylic oxidation sites excluding steroid dienone is 3. The molecule has 3 nitrogen and oxygen atoms in total. The Kier molecular flexibility index (Phi) is 5.79. The second-order valence-electron chi connectivity index (χ2n) is 2.29. The van der Waals surface area contributed by atoms with E-state index >= 15 is 0 Å². The molecule has 0 aliphatic heterocycles. The van der Waals surface area contributed by atoms with E-state index < -0.39 is 0 Å². The Morgan fingerprint density at radius 1 is 1.58 bits per heavy atom. The van der Waals surface area contributed by atoms with E-state index in [1.807, 2.05) is 27.0 Å². The van der Waals surface area contributed by atoms with Crippen LogP contribution in [0.3, 0.4) is 0 Å². The summed E-state index contributed by atoms with van der Waals surface area (Å²) in [4.78, 5) is 0. The zero-order chi connectivity index (χ0) is 9.40. The summed E-state index contributed by atoms with van der Waals surface area (Å²) >= 11 is 0. The highest BCUT2D eigenvalue weighted by molar-refractivity contribution is 5.79. The molecule has 3 heteroatoms. The van der Waals surface area contributed by atoms with Crippen LogP contribution >= 0.6 is 0 Å². The van der Waals surface area contributed by atoms with Crippen molar-refractivity contribution in [2.45, 2.75) is 13.8 Å². The Morgan fingerprint density at radius 3 is 2.67 bits per heavy atom. The van der Waals surface area contributed by atoms with Crippen molar-refractivity contribution in [1.82, 2.24) is 5.32 Å². The quantitative estimate of drug-likeness (QED) is 0.372. The molecule has 0 atom stereocenters. The molecular weight excluding hydrogens is 152 g/mol. The van der Waals surface area contributed by atoms with Crippen LogP contribution in [0.25, 0.3) is 0 Å². The standard InChI is InChI=1S/C9H16N2O/c1-4-12-7-9(6-10)5-8(2)11-3/h5-7,10-11H,4H2,1-3H3/b8-5-,9-7+,10-6?. The van der Waals surface area contributed by atoms with Crippen molar-refractivity contribution >= 4 is 6.21 Å². The van der Waals surface area contributed by atoms with Gasteiger partial charge in [0.25, 0.3) is 0 Å². The third kappa shape index (κ3) is 4.55. The molecule has 0 rings (SSSR count). The summed E-state index contributed by atoms with van der Waals surface area (Å²) in [5.74, 6) is 0. The average molecular weight is 168 g/mol. The van der Waals surface area contributed by atoms with Crippen LogP contribution in [0.4, 0.5) is 0 Å². The van der Waals surface area contributed by atoms with Gasteiger partial charge in [-0.3, -0.25) is 0 Å². The Balaban J connectivity index is 4.25. The van der Waals surface area contributed by atoms with E-state index in [1.54, 1.807) is 6.26 Å². The lowest BCUT2D eigenvalue weighted by Gasteiger charge is -1.99. The van der Waals surface area contributed by atoms with Crippen LogP contribution in [0, 0.1) is 5.41 Å². The van der Waals surface area contributed by atoms with Crippen molar-refractivity contribution in [3.8, 4) is 0 Å². The van der Waals surface area contributed by atoms with Gasteiger partial charge in [-0.05, 0) is 19.9 Å². The van der Waals surface area contributed by atoms with Crippen LogP contribution in [0.2, 0.25) is 0 Å². The van der Waals surface area contributed by atoms with Gasteiger partial charge in [0.1, 0.15) is 0 Å². The summed E-state index contributed by atoms with van der Waals surface area (Å²) in [5, 5.41) is 10.0. The first-order valence-corrected chi connectivity index (χ1v) is 3.92. The minimum atomic E-state index is 0.629. The summed E-state index contributed by atoms with van der Waals surface area (Å²) in [7, 11) is 1.84. The lowest BCUT2D eigenvalue weighted by molar-refractivity contribution is 0.268. The number of rotatable bonds is 5. The van der Waals surface area contributed by atoms with Crippen LogP contribution in [-0.2, 0) is 4.74 Å². The molecule has 0 unspecified atom stereocenters. The van der Waals surface area contributed by atoms with Gasteiger partial charge in [0.2, 0.25) is 0 Å². The Bertz CT molecular complexity index is 195. The van der Waals surface area contributed by atoms with Gasteiger partial charge in [-0.15, -0.1) is 0 Å². The molecule has 12 heavy (non-hydrogen) atoms. The molecule has 0 aromatic carbocycles. The molecule has 0 bridgehead atoms. The van der Waals surface area contributed by atoms with Crippen molar-refractivity contribution in [3.05, 3.63) is 23.6 Å². The number of hydrogen-bond donors (Lipinski definition) is 2. The lowest BCUT2D eigenvalue weighted by Crippen LogP contribution is -2.02. The largest absolute Gasteiger partial charge is 0.501 e. The number of hydrogen-bond acceptors (Lipinski definition) is 3. The maximum atomic E-state index is 7.06. The number of nitrogens with one attached hydrogen (secondary N) is 2. The van der Waals surface area contributed by atoms with E-state index in [-0.39, 0.29) is 0 Å². The predicted molar refractivity (Wildman–Crippen MR) is 51.3 cm³/mol. The SMILES string of the molecule is CCO/C=C(C=N)\C=C(\C)NC. The molecule has 0 saturated heterocycles. The van der Waals surface area contributed by atoms with Crippen LogP contribution in [-0.4, -0.2) is 19.9 Å². The maximum absolute atomic E-state index is 7.06. The highest BCUT2D eigenvalue weighted by Crippen LogP contribution is 1.97. The number of ether oxygens (including phenoxy) is 1. The van der Waals surface area contributed by atoms with E-state index in [9.17, 15) is 0 Å². The van der Waals surface area contributed by atoms with Crippen LogP contribution in [0.5, 0.6) is 0 Å². The Morgan fingerprint density at radius 2 is 2.25 bits per heavy atom. The van der Waals surface area contributed by atoms with Gasteiger partial charge in [0.05, 0.1) is 12.9 Å². The third-order valence-electron chi connectivity index (χ3n) is 1.33. The molecule has 2 N–H and O–H groups in total. The van der Waals surface area contributed by atoms with E-state index in [2.05, 4.69) is 5.32 Å². The van der Waals surface area contributed by atoms with Gasteiger partial charge < -0.3 is 15.5 Å². The smallest absolute Gasteiger partial charge is 0.0916 e. The van der Waals surface area contributed by atoms with E-state index in [4.69, 9.17) is 10.1 Å². The molecule has 0 aromatic heterocycles. The lowest BCUT2D eigenvalue weighted by atomic mass is 10.2. The molecule has 0 amide bonds. The monoisotopic (exact) mass is 168 g/mol. The van der Waals surface area contributed by atoms with Gasteiger partial charge >= 0.3 is 0 Å². The van der Waals surface area contributed by atoms with Crippen molar-refractivity contribution in [2.24, 2.45) is 0 Å². The first kappa shape index (κ1) is 10.8. The van der Waals surface area contributed by atoms with Gasteiger partial charge in [0, 0.05) is 24.5 Å². The zero-order valence-electron chi connectivity index (χ0n) is 7.85. The molecule has 0 aromatic rings. The molecule has 0 saturated carbocycles. The van der Waals surface area contributed by atoms with Crippen LogP contribution < -0.4 is 5.32 Å². The Labute approximate surface area is 73.6 Å². The van der Waals surface area contributed by atoms with Crippen LogP contribution in [0.1, 0.15) is 13.8 Å². The minimum Gasteiger partial charge on any atom is -0.501 e. The fourth-order valence-electron chi connectivity index (χ4n) is 0.611. The molecule has 0 aliphatic carbocycles. The molecule has 0 radical (unpaired) electrons. The summed E-state index contributed by atoms with van der Waals surface area (Å²) in [5.41, 5.74) is 1.76. The van der Waals surface area contributed by atoms with E-state index in [0.29, 0.717) is 6.61 Å². The molecular formula is C9H16N2O.